The Bertz CT molecular complexity index is 409. The molecule has 0 radical (unpaired) electrons. The van der Waals surface area contributed by atoms with E-state index >= 15 is 0 Å². The van der Waals surface area contributed by atoms with Gasteiger partial charge in [0, 0.05) is 11.8 Å². The SMILES string of the molecule is CCCC1CCC(c2nc(N)nc(C(C)C)n2)CC1. The van der Waals surface area contributed by atoms with Crippen LogP contribution < -0.4 is 5.73 Å². The van der Waals surface area contributed by atoms with Crippen molar-refractivity contribution in [2.45, 2.75) is 71.1 Å². The summed E-state index contributed by atoms with van der Waals surface area (Å²) in [6.45, 7) is 6.46. The molecule has 0 atom stereocenters. The largest absolute Gasteiger partial charge is 0.368 e. The zero-order valence-corrected chi connectivity index (χ0v) is 12.4. The van der Waals surface area contributed by atoms with E-state index in [1.807, 2.05) is 0 Å². The molecule has 2 rings (SSSR count). The van der Waals surface area contributed by atoms with Crippen LogP contribution in [0.4, 0.5) is 5.95 Å². The molecule has 1 saturated carbocycles. The molecule has 4 nitrogen and oxygen atoms in total. The van der Waals surface area contributed by atoms with Crippen molar-refractivity contribution in [2.24, 2.45) is 5.92 Å². The number of hydrogen-bond donors (Lipinski definition) is 1. The average molecular weight is 262 g/mol. The topological polar surface area (TPSA) is 64.7 Å². The van der Waals surface area contributed by atoms with Crippen LogP contribution in [0, 0.1) is 5.92 Å². The fourth-order valence-electron chi connectivity index (χ4n) is 2.99. The smallest absolute Gasteiger partial charge is 0.223 e. The van der Waals surface area contributed by atoms with Gasteiger partial charge in [0.05, 0.1) is 0 Å². The average Bonchev–Trinajstić information content (AvgIpc) is 2.39. The molecule has 4 heteroatoms. The molecule has 1 aliphatic rings. The second-order valence-corrected chi connectivity index (χ2v) is 6.07. The van der Waals surface area contributed by atoms with Gasteiger partial charge in [0.15, 0.2) is 0 Å². The van der Waals surface area contributed by atoms with E-state index in [1.54, 1.807) is 0 Å². The Kier molecular flexibility index (Phi) is 4.72. The summed E-state index contributed by atoms with van der Waals surface area (Å²) in [7, 11) is 0. The Labute approximate surface area is 116 Å². The van der Waals surface area contributed by atoms with Crippen LogP contribution in [-0.4, -0.2) is 15.0 Å². The first-order valence-corrected chi connectivity index (χ1v) is 7.61. The summed E-state index contributed by atoms with van der Waals surface area (Å²) in [5.41, 5.74) is 5.82. The molecule has 1 heterocycles. The molecule has 0 aliphatic heterocycles. The molecule has 1 aromatic rings. The minimum atomic E-state index is 0.306. The Morgan fingerprint density at radius 2 is 1.79 bits per heavy atom. The van der Waals surface area contributed by atoms with Gasteiger partial charge in [-0.15, -0.1) is 0 Å². The van der Waals surface area contributed by atoms with Crippen molar-refractivity contribution in [1.82, 2.24) is 15.0 Å². The lowest BCUT2D eigenvalue weighted by Crippen LogP contribution is -2.17. The monoisotopic (exact) mass is 262 g/mol. The lowest BCUT2D eigenvalue weighted by Gasteiger charge is -2.27. The first-order valence-electron chi connectivity index (χ1n) is 7.61. The molecule has 0 bridgehead atoms. The van der Waals surface area contributed by atoms with E-state index in [2.05, 4.69) is 35.7 Å². The van der Waals surface area contributed by atoms with Crippen LogP contribution in [0.5, 0.6) is 0 Å². The van der Waals surface area contributed by atoms with Gasteiger partial charge in [-0.3, -0.25) is 0 Å². The highest BCUT2D eigenvalue weighted by molar-refractivity contribution is 5.19. The summed E-state index contributed by atoms with van der Waals surface area (Å²) in [5, 5.41) is 0. The minimum absolute atomic E-state index is 0.306. The summed E-state index contributed by atoms with van der Waals surface area (Å²) in [6.07, 6.45) is 7.67. The fourth-order valence-corrected chi connectivity index (χ4v) is 2.99. The maximum atomic E-state index is 5.82. The quantitative estimate of drug-likeness (QED) is 0.899. The zero-order chi connectivity index (χ0) is 13.8. The van der Waals surface area contributed by atoms with Crippen molar-refractivity contribution in [3.63, 3.8) is 0 Å². The molecule has 19 heavy (non-hydrogen) atoms. The van der Waals surface area contributed by atoms with Crippen LogP contribution in [0.3, 0.4) is 0 Å². The summed E-state index contributed by atoms with van der Waals surface area (Å²) in [5.74, 6) is 3.83. The van der Waals surface area contributed by atoms with Crippen molar-refractivity contribution >= 4 is 5.95 Å². The molecule has 2 N–H and O–H groups in total. The van der Waals surface area contributed by atoms with Gasteiger partial charge in [-0.2, -0.15) is 9.97 Å². The maximum Gasteiger partial charge on any atom is 0.223 e. The van der Waals surface area contributed by atoms with Crippen molar-refractivity contribution in [3.05, 3.63) is 11.6 Å². The lowest BCUT2D eigenvalue weighted by atomic mass is 9.80. The first kappa shape index (κ1) is 14.2. The van der Waals surface area contributed by atoms with Crippen LogP contribution in [0.2, 0.25) is 0 Å². The molecule has 0 aromatic carbocycles. The van der Waals surface area contributed by atoms with E-state index < -0.39 is 0 Å². The molecule has 1 aromatic heterocycles. The number of hydrogen-bond acceptors (Lipinski definition) is 4. The number of anilines is 1. The third-order valence-corrected chi connectivity index (χ3v) is 4.11. The van der Waals surface area contributed by atoms with E-state index in [1.165, 1.54) is 38.5 Å². The van der Waals surface area contributed by atoms with Crippen LogP contribution >= 0.6 is 0 Å². The molecular formula is C15H26N4. The third-order valence-electron chi connectivity index (χ3n) is 4.11. The van der Waals surface area contributed by atoms with Gasteiger partial charge >= 0.3 is 0 Å². The van der Waals surface area contributed by atoms with Gasteiger partial charge in [0.2, 0.25) is 5.95 Å². The van der Waals surface area contributed by atoms with Gasteiger partial charge in [0.1, 0.15) is 11.6 Å². The summed E-state index contributed by atoms with van der Waals surface area (Å²) < 4.78 is 0. The number of aromatic nitrogens is 3. The van der Waals surface area contributed by atoms with Crippen LogP contribution in [-0.2, 0) is 0 Å². The standard InChI is InChI=1S/C15H26N4/c1-4-5-11-6-8-12(9-7-11)14-17-13(10(2)3)18-15(16)19-14/h10-12H,4-9H2,1-3H3,(H2,16,17,18,19). The summed E-state index contributed by atoms with van der Waals surface area (Å²) in [4.78, 5) is 13.2. The minimum Gasteiger partial charge on any atom is -0.368 e. The number of nitrogens with two attached hydrogens (primary N) is 1. The van der Waals surface area contributed by atoms with Crippen LogP contribution in [0.1, 0.15) is 82.8 Å². The van der Waals surface area contributed by atoms with E-state index in [9.17, 15) is 0 Å². The van der Waals surface area contributed by atoms with Crippen LogP contribution in [0.25, 0.3) is 0 Å². The number of nitrogens with zero attached hydrogens (tertiary/aromatic N) is 3. The van der Waals surface area contributed by atoms with E-state index in [0.717, 1.165) is 17.6 Å². The molecule has 0 unspecified atom stereocenters. The molecule has 106 valence electrons. The van der Waals surface area contributed by atoms with Crippen molar-refractivity contribution in [3.8, 4) is 0 Å². The zero-order valence-electron chi connectivity index (χ0n) is 12.4. The maximum absolute atomic E-state index is 5.82. The molecule has 1 aliphatic carbocycles. The normalized spacial score (nSPS) is 23.8. The molecule has 0 spiro atoms. The second-order valence-electron chi connectivity index (χ2n) is 6.07. The van der Waals surface area contributed by atoms with E-state index in [0.29, 0.717) is 17.8 Å². The highest BCUT2D eigenvalue weighted by Crippen LogP contribution is 2.36. The Morgan fingerprint density at radius 3 is 2.37 bits per heavy atom. The Balaban J connectivity index is 2.06. The third kappa shape index (κ3) is 3.64. The van der Waals surface area contributed by atoms with Crippen molar-refractivity contribution < 1.29 is 0 Å². The molecule has 1 fully saturated rings. The Hall–Kier alpha value is -1.19. The summed E-state index contributed by atoms with van der Waals surface area (Å²) in [6, 6.07) is 0. The molecule has 0 saturated heterocycles. The first-order chi connectivity index (χ1) is 9.10. The number of nitrogen functional groups attached to an aromatic ring is 1. The van der Waals surface area contributed by atoms with Crippen molar-refractivity contribution in [2.75, 3.05) is 5.73 Å². The van der Waals surface area contributed by atoms with Gasteiger partial charge in [-0.1, -0.05) is 33.6 Å². The predicted molar refractivity (Wildman–Crippen MR) is 77.9 cm³/mol. The van der Waals surface area contributed by atoms with Gasteiger partial charge < -0.3 is 5.73 Å². The van der Waals surface area contributed by atoms with E-state index in [-0.39, 0.29) is 0 Å². The van der Waals surface area contributed by atoms with Gasteiger partial charge in [0.25, 0.3) is 0 Å². The molecule has 0 amide bonds. The van der Waals surface area contributed by atoms with Crippen LogP contribution in [0.15, 0.2) is 0 Å². The fraction of sp³-hybridized carbons (Fsp3) is 0.800. The van der Waals surface area contributed by atoms with E-state index in [4.69, 9.17) is 5.73 Å². The summed E-state index contributed by atoms with van der Waals surface area (Å²) >= 11 is 0. The van der Waals surface area contributed by atoms with Gasteiger partial charge in [-0.25, -0.2) is 4.98 Å². The highest BCUT2D eigenvalue weighted by Gasteiger charge is 2.24. The van der Waals surface area contributed by atoms with Crippen molar-refractivity contribution in [1.29, 1.82) is 0 Å². The number of rotatable bonds is 4. The highest BCUT2D eigenvalue weighted by atomic mass is 15.1. The molecular weight excluding hydrogens is 236 g/mol. The predicted octanol–water partition coefficient (Wildman–Crippen LogP) is 3.65. The Morgan fingerprint density at radius 1 is 1.11 bits per heavy atom. The van der Waals surface area contributed by atoms with Gasteiger partial charge in [-0.05, 0) is 31.6 Å². The lowest BCUT2D eigenvalue weighted by molar-refractivity contribution is 0.301. The second kappa shape index (κ2) is 6.31.